The Morgan fingerprint density at radius 3 is 2.04 bits per heavy atom. The summed E-state index contributed by atoms with van der Waals surface area (Å²) in [6.07, 6.45) is -0.279. The van der Waals surface area contributed by atoms with Gasteiger partial charge in [0.1, 0.15) is 42.0 Å². The molecule has 24 nitrogen and oxygen atoms in total. The van der Waals surface area contributed by atoms with Crippen molar-refractivity contribution in [2.75, 3.05) is 19.6 Å². The van der Waals surface area contributed by atoms with Crippen molar-refractivity contribution in [1.82, 2.24) is 47.9 Å². The maximum Gasteiger partial charge on any atom is 0.243 e. The number of hydrogen-bond donors (Lipinski definition) is 13. The molecule has 1 aliphatic heterocycles. The third-order valence-corrected chi connectivity index (χ3v) is 12.2. The van der Waals surface area contributed by atoms with Crippen molar-refractivity contribution < 1.29 is 57.8 Å². The monoisotopic (exact) mass is 997 g/mol. The highest BCUT2D eigenvalue weighted by Gasteiger charge is 2.44. The van der Waals surface area contributed by atoms with Crippen LogP contribution in [0.3, 0.4) is 0 Å². The molecule has 3 rings (SSSR count). The molecule has 1 aliphatic carbocycles. The minimum Gasteiger partial charge on any atom is -0.508 e. The van der Waals surface area contributed by atoms with Crippen LogP contribution < -0.4 is 59.3 Å². The molecule has 9 atom stereocenters. The third-order valence-electron chi connectivity index (χ3n) is 12.2. The third kappa shape index (κ3) is 20.4. The fourth-order valence-electron chi connectivity index (χ4n) is 7.72. The second-order valence-electron chi connectivity index (χ2n) is 18.6. The molecule has 1 aromatic carbocycles. The van der Waals surface area contributed by atoms with Crippen LogP contribution in [0.25, 0.3) is 0 Å². The highest BCUT2D eigenvalue weighted by Crippen LogP contribution is 2.41. The number of carbonyl (C=O) groups excluding carboxylic acids is 11. The second-order valence-corrected chi connectivity index (χ2v) is 18.6. The molecule has 24 heteroatoms. The van der Waals surface area contributed by atoms with Crippen LogP contribution in [0.2, 0.25) is 0 Å². The van der Waals surface area contributed by atoms with Crippen LogP contribution >= 0.6 is 0 Å². The van der Waals surface area contributed by atoms with Crippen LogP contribution in [0, 0.1) is 29.1 Å². The average Bonchev–Trinajstić information content (AvgIpc) is 4.10. The number of benzene rings is 1. The van der Waals surface area contributed by atoms with E-state index in [-0.39, 0.29) is 80.8 Å². The number of hydrogen-bond acceptors (Lipinski definition) is 13. The Bertz CT molecular complexity index is 2120. The largest absolute Gasteiger partial charge is 0.508 e. The fourth-order valence-corrected chi connectivity index (χ4v) is 7.72. The number of amides is 11. The zero-order chi connectivity index (χ0) is 52.9. The van der Waals surface area contributed by atoms with Gasteiger partial charge in [-0.1, -0.05) is 53.2 Å². The van der Waals surface area contributed by atoms with Crippen LogP contribution in [0.5, 0.6) is 5.75 Å². The van der Waals surface area contributed by atoms with Gasteiger partial charge in [0.25, 0.3) is 0 Å². The van der Waals surface area contributed by atoms with Gasteiger partial charge in [-0.25, -0.2) is 0 Å². The molecule has 0 radical (unpaired) electrons. The summed E-state index contributed by atoms with van der Waals surface area (Å²) >= 11 is 0. The Morgan fingerprint density at radius 2 is 1.42 bits per heavy atom. The first-order valence-corrected chi connectivity index (χ1v) is 24.1. The van der Waals surface area contributed by atoms with Crippen LogP contribution in [0.15, 0.2) is 24.3 Å². The van der Waals surface area contributed by atoms with E-state index in [4.69, 9.17) is 16.9 Å². The van der Waals surface area contributed by atoms with Crippen LogP contribution in [-0.4, -0.2) is 132 Å². The summed E-state index contributed by atoms with van der Waals surface area (Å²) in [7, 11) is 0. The number of phenolic OH excluding ortho intramolecular Hbond substituents is 1. The summed E-state index contributed by atoms with van der Waals surface area (Å²) in [6, 6.07) is -2.12. The lowest BCUT2D eigenvalue weighted by Gasteiger charge is -2.29. The highest BCUT2D eigenvalue weighted by molar-refractivity contribution is 5.99. The van der Waals surface area contributed by atoms with Crippen molar-refractivity contribution in [2.45, 2.75) is 141 Å². The molecule has 11 amide bonds. The molecule has 1 aromatic rings. The minimum absolute atomic E-state index is 0.0267. The first-order valence-electron chi connectivity index (χ1n) is 24.1. The van der Waals surface area contributed by atoms with E-state index in [1.54, 1.807) is 20.8 Å². The van der Waals surface area contributed by atoms with Crippen molar-refractivity contribution >= 4 is 70.7 Å². The smallest absolute Gasteiger partial charge is 0.243 e. The van der Waals surface area contributed by atoms with Crippen molar-refractivity contribution in [2.24, 2.45) is 35.1 Å². The van der Waals surface area contributed by atoms with Crippen molar-refractivity contribution in [3.05, 3.63) is 29.8 Å². The molecular formula is C47H72N12O12. The number of aromatic hydroxyl groups is 1. The van der Waals surface area contributed by atoms with Gasteiger partial charge in [-0.05, 0) is 74.0 Å². The van der Waals surface area contributed by atoms with E-state index in [0.717, 1.165) is 0 Å². The van der Waals surface area contributed by atoms with E-state index < -0.39 is 120 Å². The lowest BCUT2D eigenvalue weighted by Crippen LogP contribution is -2.61. The summed E-state index contributed by atoms with van der Waals surface area (Å²) in [5, 5.41) is 41.5. The normalized spacial score (nSPS) is 23.4. The molecule has 2 aliphatic rings. The van der Waals surface area contributed by atoms with Gasteiger partial charge < -0.3 is 69.8 Å². The Morgan fingerprint density at radius 1 is 0.775 bits per heavy atom. The van der Waals surface area contributed by atoms with Gasteiger partial charge in [0.05, 0.1) is 13.1 Å². The van der Waals surface area contributed by atoms with Gasteiger partial charge in [-0.15, -0.1) is 0 Å². The molecular weight excluding hydrogens is 925 g/mol. The molecule has 1 heterocycles. The van der Waals surface area contributed by atoms with Gasteiger partial charge in [0.15, 0.2) is 0 Å². The molecule has 1 saturated heterocycles. The maximum atomic E-state index is 14.1. The number of phenols is 1. The zero-order valence-corrected chi connectivity index (χ0v) is 41.1. The molecule has 0 spiro atoms. The van der Waals surface area contributed by atoms with E-state index in [1.165, 1.54) is 24.3 Å². The molecule has 0 bridgehead atoms. The Hall–Kier alpha value is -7.14. The first kappa shape index (κ1) is 58.2. The molecule has 15 N–H and O–H groups in total. The van der Waals surface area contributed by atoms with E-state index in [0.29, 0.717) is 31.2 Å². The summed E-state index contributed by atoms with van der Waals surface area (Å²) in [5.74, 6) is -9.46. The predicted octanol–water partition coefficient (Wildman–Crippen LogP) is -2.33. The molecule has 392 valence electrons. The first-order chi connectivity index (χ1) is 33.5. The van der Waals surface area contributed by atoms with Crippen molar-refractivity contribution in [1.29, 1.82) is 5.41 Å². The van der Waals surface area contributed by atoms with E-state index in [2.05, 4.69) is 47.9 Å². The summed E-state index contributed by atoms with van der Waals surface area (Å²) in [5.41, 5.74) is 11.1. The van der Waals surface area contributed by atoms with Gasteiger partial charge in [0.2, 0.25) is 65.0 Å². The number of rotatable bonds is 21. The van der Waals surface area contributed by atoms with Crippen LogP contribution in [0.4, 0.5) is 0 Å². The van der Waals surface area contributed by atoms with Crippen LogP contribution in [0.1, 0.15) is 104 Å². The number of primary amides is 2. The summed E-state index contributed by atoms with van der Waals surface area (Å²) < 4.78 is 0. The Kier molecular flexibility index (Phi) is 23.4. The summed E-state index contributed by atoms with van der Waals surface area (Å²) in [6.45, 7) is 7.83. The van der Waals surface area contributed by atoms with E-state index in [1.807, 2.05) is 13.8 Å². The van der Waals surface area contributed by atoms with Crippen molar-refractivity contribution in [3.63, 3.8) is 0 Å². The predicted molar refractivity (Wildman–Crippen MR) is 257 cm³/mol. The summed E-state index contributed by atoms with van der Waals surface area (Å²) in [4.78, 5) is 146. The van der Waals surface area contributed by atoms with Gasteiger partial charge in [-0.3, -0.25) is 52.7 Å². The Balaban J connectivity index is 1.90. The van der Waals surface area contributed by atoms with E-state index in [9.17, 15) is 57.8 Å². The second kappa shape index (κ2) is 28.5. The molecule has 0 aromatic heterocycles. The van der Waals surface area contributed by atoms with Crippen LogP contribution in [-0.2, 0) is 59.2 Å². The zero-order valence-electron chi connectivity index (χ0n) is 41.1. The minimum atomic E-state index is -1.50. The lowest BCUT2D eigenvalue weighted by atomic mass is 9.96. The quantitative estimate of drug-likeness (QED) is 0.0578. The number of nitrogens with two attached hydrogens (primary N) is 2. The molecule has 71 heavy (non-hydrogen) atoms. The average molecular weight is 997 g/mol. The van der Waals surface area contributed by atoms with E-state index >= 15 is 0 Å². The van der Waals surface area contributed by atoms with Gasteiger partial charge >= 0.3 is 0 Å². The molecule has 9 unspecified atom stereocenters. The standard InChI is InChI=1S/C47H72N12O12/c1-6-25(5)40-47(71)56-32(12-14-36(49)61)44(68)58-35(21-28(48)7-2)45(69)55-31(13-15-38(63)52-23-39(64)54-34(46(70)59-40)19-26-8-10-29(60)11-9-26)42(66)51-17-16-27-20-30(27)41(65)57-33(18-24(3)4)43(67)53-22-37(50)62/h8-11,24-25,27,30-35,40,48,60H,6-7,12-23H2,1-5H3,(H2,49,61)(H2,50,62)(H,51,66)(H,52,63)(H,53,67)(H,54,64)(H,55,69)(H,56,71)(H,57,65)(H,58,68)(H,59,70). The highest BCUT2D eigenvalue weighted by atomic mass is 16.3. The SMILES string of the molecule is CCC(=N)CC1NC(=O)C(CCC(N)=O)NC(=O)C(C(C)CC)NC(=O)C(Cc2ccc(O)cc2)NC(=O)CNC(=O)CCC(C(=O)NCCC2CC2C(=O)NC(CC(C)C)C(=O)NCC(N)=O)NC1=O. The molecule has 1 saturated carbocycles. The fraction of sp³-hybridized carbons (Fsp3) is 0.617. The topological polar surface area (TPSA) is 392 Å². The van der Waals surface area contributed by atoms with Gasteiger partial charge in [-0.2, -0.15) is 0 Å². The lowest BCUT2D eigenvalue weighted by molar-refractivity contribution is -0.136. The van der Waals surface area contributed by atoms with Crippen molar-refractivity contribution in [3.8, 4) is 5.75 Å². The maximum absolute atomic E-state index is 14.1. The van der Waals surface area contributed by atoms with Gasteiger partial charge in [0, 0.05) is 43.9 Å². The number of carbonyl (C=O) groups is 11. The molecule has 2 fully saturated rings. The Labute approximate surface area is 412 Å². The number of nitrogens with one attached hydrogen (secondary N) is 10.